The zero-order valence-electron chi connectivity index (χ0n) is 18.4. The zero-order valence-corrected chi connectivity index (χ0v) is 20.0. The second-order valence-electron chi connectivity index (χ2n) is 7.62. The molecule has 0 aliphatic rings. The number of carbonyl (C=O) groups is 2. The third kappa shape index (κ3) is 6.12. The van der Waals surface area contributed by atoms with Gasteiger partial charge < -0.3 is 10.6 Å². The molecule has 0 aliphatic heterocycles. The first-order chi connectivity index (χ1) is 15.6. The lowest BCUT2D eigenvalue weighted by Gasteiger charge is -2.13. The number of benzene rings is 3. The van der Waals surface area contributed by atoms with E-state index in [1.807, 2.05) is 32.9 Å². The maximum Gasteiger partial charge on any atom is 0.261 e. The predicted octanol–water partition coefficient (Wildman–Crippen LogP) is 4.43. The molecule has 9 heteroatoms. The van der Waals surface area contributed by atoms with Crippen molar-refractivity contribution in [1.82, 2.24) is 5.32 Å². The molecule has 3 aromatic rings. The number of halogens is 1. The largest absolute Gasteiger partial charge is 0.343 e. The second-order valence-corrected chi connectivity index (χ2v) is 9.71. The normalized spacial score (nSPS) is 11.0. The number of carbonyl (C=O) groups excluding carboxylic acids is 2. The molecular weight excluding hydrogens is 462 g/mol. The van der Waals surface area contributed by atoms with Crippen molar-refractivity contribution in [2.45, 2.75) is 25.7 Å². The standard InChI is InChI=1S/C24H24ClN3O4S/c1-15-11-16(2)23(17(3)12-15)27-22(29)14-26-24(30)18-7-6-8-19(13-18)33(31,32)28-21-10-5-4-9-20(21)25/h4-13,28H,14H2,1-3H3,(H,26,30)(H,27,29). The molecule has 0 radical (unpaired) electrons. The van der Waals surface area contributed by atoms with Crippen LogP contribution in [0.1, 0.15) is 27.0 Å². The molecule has 3 N–H and O–H groups in total. The summed E-state index contributed by atoms with van der Waals surface area (Å²) in [6.07, 6.45) is 0. The Labute approximate surface area is 198 Å². The van der Waals surface area contributed by atoms with Crippen LogP contribution in [0.4, 0.5) is 11.4 Å². The smallest absolute Gasteiger partial charge is 0.261 e. The van der Waals surface area contributed by atoms with Crippen LogP contribution in [0, 0.1) is 20.8 Å². The lowest BCUT2D eigenvalue weighted by molar-refractivity contribution is -0.115. The van der Waals surface area contributed by atoms with Gasteiger partial charge in [0.15, 0.2) is 0 Å². The summed E-state index contributed by atoms with van der Waals surface area (Å²) in [7, 11) is -3.97. The van der Waals surface area contributed by atoms with Crippen LogP contribution in [-0.4, -0.2) is 26.8 Å². The number of anilines is 2. The Bertz CT molecular complexity index is 1300. The molecule has 172 valence electrons. The van der Waals surface area contributed by atoms with Crippen LogP contribution in [0.5, 0.6) is 0 Å². The summed E-state index contributed by atoms with van der Waals surface area (Å²) in [5.74, 6) is -0.958. The van der Waals surface area contributed by atoms with Crippen molar-refractivity contribution in [3.8, 4) is 0 Å². The van der Waals surface area contributed by atoms with Crippen LogP contribution in [0.25, 0.3) is 0 Å². The van der Waals surface area contributed by atoms with E-state index in [2.05, 4.69) is 15.4 Å². The van der Waals surface area contributed by atoms with Gasteiger partial charge in [0.2, 0.25) is 5.91 Å². The average molecular weight is 486 g/mol. The number of amides is 2. The van der Waals surface area contributed by atoms with Gasteiger partial charge in [0.1, 0.15) is 0 Å². The molecule has 3 aromatic carbocycles. The third-order valence-corrected chi connectivity index (χ3v) is 6.57. The highest BCUT2D eigenvalue weighted by Crippen LogP contribution is 2.24. The first-order valence-electron chi connectivity index (χ1n) is 10.1. The third-order valence-electron chi connectivity index (χ3n) is 4.88. The van der Waals surface area contributed by atoms with E-state index in [1.54, 1.807) is 18.2 Å². The van der Waals surface area contributed by atoms with E-state index in [4.69, 9.17) is 11.6 Å². The summed E-state index contributed by atoms with van der Waals surface area (Å²) in [6.45, 7) is 5.51. The van der Waals surface area contributed by atoms with Crippen LogP contribution < -0.4 is 15.4 Å². The van der Waals surface area contributed by atoms with Crippen molar-refractivity contribution in [2.24, 2.45) is 0 Å². The van der Waals surface area contributed by atoms with Crippen LogP contribution in [0.15, 0.2) is 65.6 Å². The molecule has 7 nitrogen and oxygen atoms in total. The van der Waals surface area contributed by atoms with Crippen molar-refractivity contribution in [1.29, 1.82) is 0 Å². The SMILES string of the molecule is Cc1cc(C)c(NC(=O)CNC(=O)c2cccc(S(=O)(=O)Nc3ccccc3Cl)c2)c(C)c1. The molecule has 0 atom stereocenters. The van der Waals surface area contributed by atoms with Crippen molar-refractivity contribution >= 4 is 44.8 Å². The fourth-order valence-corrected chi connectivity index (χ4v) is 4.74. The van der Waals surface area contributed by atoms with Gasteiger partial charge in [0, 0.05) is 11.3 Å². The van der Waals surface area contributed by atoms with E-state index in [0.717, 1.165) is 16.7 Å². The molecule has 0 bridgehead atoms. The Hall–Kier alpha value is -3.36. The highest BCUT2D eigenvalue weighted by atomic mass is 35.5. The molecule has 0 aromatic heterocycles. The molecule has 3 rings (SSSR count). The quantitative estimate of drug-likeness (QED) is 0.460. The highest BCUT2D eigenvalue weighted by molar-refractivity contribution is 7.92. The van der Waals surface area contributed by atoms with Gasteiger partial charge in [0.25, 0.3) is 15.9 Å². The molecule has 33 heavy (non-hydrogen) atoms. The van der Waals surface area contributed by atoms with Crippen molar-refractivity contribution in [3.05, 3.63) is 87.9 Å². The lowest BCUT2D eigenvalue weighted by atomic mass is 10.1. The molecule has 0 saturated heterocycles. The summed E-state index contributed by atoms with van der Waals surface area (Å²) in [5, 5.41) is 5.58. The van der Waals surface area contributed by atoms with Crippen molar-refractivity contribution < 1.29 is 18.0 Å². The van der Waals surface area contributed by atoms with Crippen LogP contribution >= 0.6 is 11.6 Å². The molecule has 0 fully saturated rings. The first kappa shape index (κ1) is 24.3. The molecule has 0 spiro atoms. The highest BCUT2D eigenvalue weighted by Gasteiger charge is 2.18. The van der Waals surface area contributed by atoms with Gasteiger partial charge in [-0.05, 0) is 62.2 Å². The minimum atomic E-state index is -3.97. The molecule has 0 aliphatic carbocycles. The number of para-hydroxylation sites is 1. The summed E-state index contributed by atoms with van der Waals surface area (Å²) in [4.78, 5) is 24.8. The summed E-state index contributed by atoms with van der Waals surface area (Å²) in [5.41, 5.74) is 3.99. The maximum absolute atomic E-state index is 12.7. The molecule has 0 saturated carbocycles. The fraction of sp³-hybridized carbons (Fsp3) is 0.167. The number of hydrogen-bond donors (Lipinski definition) is 3. The Morgan fingerprint density at radius 3 is 2.24 bits per heavy atom. The molecule has 0 unspecified atom stereocenters. The number of hydrogen-bond acceptors (Lipinski definition) is 4. The number of nitrogens with one attached hydrogen (secondary N) is 3. The Morgan fingerprint density at radius 1 is 0.909 bits per heavy atom. The monoisotopic (exact) mass is 485 g/mol. The van der Waals surface area contributed by atoms with E-state index in [-0.39, 0.29) is 33.6 Å². The van der Waals surface area contributed by atoms with E-state index in [9.17, 15) is 18.0 Å². The summed E-state index contributed by atoms with van der Waals surface area (Å²) >= 11 is 6.03. The molecular formula is C24H24ClN3O4S. The minimum Gasteiger partial charge on any atom is -0.343 e. The van der Waals surface area contributed by atoms with Crippen LogP contribution in [0.3, 0.4) is 0 Å². The topological polar surface area (TPSA) is 104 Å². The van der Waals surface area contributed by atoms with Gasteiger partial charge >= 0.3 is 0 Å². The second kappa shape index (κ2) is 10.1. The van der Waals surface area contributed by atoms with Gasteiger partial charge in [-0.3, -0.25) is 14.3 Å². The minimum absolute atomic E-state index is 0.104. The van der Waals surface area contributed by atoms with Gasteiger partial charge in [-0.2, -0.15) is 0 Å². The molecule has 0 heterocycles. The Balaban J connectivity index is 1.67. The van der Waals surface area contributed by atoms with E-state index >= 15 is 0 Å². The number of sulfonamides is 1. The summed E-state index contributed by atoms with van der Waals surface area (Å²) < 4.78 is 27.8. The predicted molar refractivity (Wildman–Crippen MR) is 130 cm³/mol. The van der Waals surface area contributed by atoms with Crippen LogP contribution in [-0.2, 0) is 14.8 Å². The zero-order chi connectivity index (χ0) is 24.2. The molecule has 2 amide bonds. The Morgan fingerprint density at radius 2 is 1.58 bits per heavy atom. The van der Waals surface area contributed by atoms with Gasteiger partial charge in [0.05, 0.1) is 22.2 Å². The van der Waals surface area contributed by atoms with Gasteiger partial charge in [-0.1, -0.05) is 47.5 Å². The number of rotatable bonds is 7. The van der Waals surface area contributed by atoms with E-state index < -0.39 is 15.9 Å². The van der Waals surface area contributed by atoms with Crippen molar-refractivity contribution in [3.63, 3.8) is 0 Å². The average Bonchev–Trinajstić information content (AvgIpc) is 2.76. The maximum atomic E-state index is 12.7. The van der Waals surface area contributed by atoms with E-state index in [1.165, 1.54) is 30.3 Å². The van der Waals surface area contributed by atoms with Crippen molar-refractivity contribution in [2.75, 3.05) is 16.6 Å². The first-order valence-corrected chi connectivity index (χ1v) is 12.0. The van der Waals surface area contributed by atoms with Crippen LogP contribution in [0.2, 0.25) is 5.02 Å². The van der Waals surface area contributed by atoms with Gasteiger partial charge in [-0.25, -0.2) is 8.42 Å². The fourth-order valence-electron chi connectivity index (χ4n) is 3.38. The Kier molecular flexibility index (Phi) is 7.40. The van der Waals surface area contributed by atoms with Gasteiger partial charge in [-0.15, -0.1) is 0 Å². The summed E-state index contributed by atoms with van der Waals surface area (Å²) in [6, 6.07) is 15.9. The van der Waals surface area contributed by atoms with E-state index in [0.29, 0.717) is 5.69 Å². The number of aryl methyl sites for hydroxylation is 3. The lowest BCUT2D eigenvalue weighted by Crippen LogP contribution is -2.33.